The van der Waals surface area contributed by atoms with Crippen molar-refractivity contribution < 1.29 is 19.1 Å². The molecule has 1 rings (SSSR count). The summed E-state index contributed by atoms with van der Waals surface area (Å²) in [6.45, 7) is 3.59. The molecular formula is C11H13N5O4. The van der Waals surface area contributed by atoms with Crippen molar-refractivity contribution in [3.63, 3.8) is 0 Å². The average Bonchev–Trinajstić information content (AvgIpc) is 2.88. The predicted molar refractivity (Wildman–Crippen MR) is 67.8 cm³/mol. The van der Waals surface area contributed by atoms with E-state index in [4.69, 9.17) is 10.00 Å². The van der Waals surface area contributed by atoms with Gasteiger partial charge in [0.05, 0.1) is 19.5 Å². The normalized spacial score (nSPS) is 10.6. The van der Waals surface area contributed by atoms with Gasteiger partial charge in [-0.2, -0.15) is 10.4 Å². The van der Waals surface area contributed by atoms with Crippen LogP contribution in [0.1, 0.15) is 24.3 Å². The lowest BCUT2D eigenvalue weighted by molar-refractivity contribution is -0.134. The molecule has 0 aliphatic heterocycles. The summed E-state index contributed by atoms with van der Waals surface area (Å²) in [7, 11) is 0. The standard InChI is InChI=1S/C11H13N5O4/c1-3-19-10(17)7(5-12)15-16-9-8(13-6-14-9)11(18)20-4-2/h6,16H,3-4H2,1-2H3,(H,13,14)/b15-7+. The number of rotatable bonds is 6. The molecule has 0 spiro atoms. The van der Waals surface area contributed by atoms with Crippen LogP contribution in [0, 0.1) is 11.3 Å². The molecule has 0 fully saturated rings. The van der Waals surface area contributed by atoms with E-state index < -0.39 is 17.7 Å². The van der Waals surface area contributed by atoms with Crippen molar-refractivity contribution in [3.05, 3.63) is 12.0 Å². The minimum Gasteiger partial charge on any atom is -0.461 e. The summed E-state index contributed by atoms with van der Waals surface area (Å²) in [4.78, 5) is 29.2. The van der Waals surface area contributed by atoms with E-state index in [9.17, 15) is 9.59 Å². The molecule has 0 unspecified atom stereocenters. The van der Waals surface area contributed by atoms with Crippen LogP contribution in [-0.4, -0.2) is 40.8 Å². The molecule has 0 atom stereocenters. The van der Waals surface area contributed by atoms with Gasteiger partial charge in [0.25, 0.3) is 0 Å². The zero-order valence-electron chi connectivity index (χ0n) is 11.0. The second kappa shape index (κ2) is 7.52. The smallest absolute Gasteiger partial charge is 0.369 e. The highest BCUT2D eigenvalue weighted by atomic mass is 16.5. The SMILES string of the molecule is CCOC(=O)/C(C#N)=N/Nc1nc[nH]c1C(=O)OCC. The fourth-order valence-electron chi connectivity index (χ4n) is 1.16. The number of esters is 2. The van der Waals surface area contributed by atoms with Crippen molar-refractivity contribution in [1.29, 1.82) is 5.26 Å². The number of hydrogen-bond donors (Lipinski definition) is 2. The lowest BCUT2D eigenvalue weighted by atomic mass is 10.4. The van der Waals surface area contributed by atoms with Crippen LogP contribution in [0.4, 0.5) is 5.82 Å². The lowest BCUT2D eigenvalue weighted by Crippen LogP contribution is -2.17. The second-order valence-corrected chi connectivity index (χ2v) is 3.25. The molecular weight excluding hydrogens is 266 g/mol. The Kier molecular flexibility index (Phi) is 5.71. The lowest BCUT2D eigenvalue weighted by Gasteiger charge is -2.02. The number of aromatic nitrogens is 2. The Morgan fingerprint density at radius 3 is 2.75 bits per heavy atom. The summed E-state index contributed by atoms with van der Waals surface area (Å²) < 4.78 is 9.42. The highest BCUT2D eigenvalue weighted by Crippen LogP contribution is 2.10. The van der Waals surface area contributed by atoms with E-state index in [-0.39, 0.29) is 24.7 Å². The fourth-order valence-corrected chi connectivity index (χ4v) is 1.16. The number of hydrazone groups is 1. The maximum atomic E-state index is 11.5. The number of nitrogens with zero attached hydrogens (tertiary/aromatic N) is 3. The highest BCUT2D eigenvalue weighted by Gasteiger charge is 2.17. The Labute approximate surface area is 114 Å². The van der Waals surface area contributed by atoms with Crippen molar-refractivity contribution in [1.82, 2.24) is 9.97 Å². The number of carbonyl (C=O) groups is 2. The molecule has 2 N–H and O–H groups in total. The number of hydrogen-bond acceptors (Lipinski definition) is 8. The fraction of sp³-hybridized carbons (Fsp3) is 0.364. The number of imidazole rings is 1. The van der Waals surface area contributed by atoms with Crippen LogP contribution in [0.5, 0.6) is 0 Å². The van der Waals surface area contributed by atoms with Crippen molar-refractivity contribution in [2.24, 2.45) is 5.10 Å². The molecule has 106 valence electrons. The van der Waals surface area contributed by atoms with Gasteiger partial charge in [-0.3, -0.25) is 5.43 Å². The highest BCUT2D eigenvalue weighted by molar-refractivity contribution is 6.43. The van der Waals surface area contributed by atoms with E-state index in [0.29, 0.717) is 0 Å². The molecule has 20 heavy (non-hydrogen) atoms. The monoisotopic (exact) mass is 279 g/mol. The summed E-state index contributed by atoms with van der Waals surface area (Å²) in [5.74, 6) is -1.45. The third-order valence-electron chi connectivity index (χ3n) is 1.97. The van der Waals surface area contributed by atoms with Gasteiger partial charge in [0.1, 0.15) is 6.07 Å². The van der Waals surface area contributed by atoms with E-state index in [1.165, 1.54) is 6.33 Å². The predicted octanol–water partition coefficient (Wildman–Crippen LogP) is 0.441. The van der Waals surface area contributed by atoms with Crippen LogP contribution < -0.4 is 5.43 Å². The molecule has 1 aromatic rings. The van der Waals surface area contributed by atoms with Gasteiger partial charge in [0, 0.05) is 0 Å². The van der Waals surface area contributed by atoms with E-state index in [1.807, 2.05) is 0 Å². The number of nitrogens with one attached hydrogen (secondary N) is 2. The van der Waals surface area contributed by atoms with Crippen molar-refractivity contribution >= 4 is 23.5 Å². The topological polar surface area (TPSA) is 129 Å². The number of H-pyrrole nitrogens is 1. The zero-order chi connectivity index (χ0) is 15.0. The van der Waals surface area contributed by atoms with Gasteiger partial charge in [-0.1, -0.05) is 0 Å². The minimum atomic E-state index is -0.865. The van der Waals surface area contributed by atoms with E-state index in [1.54, 1.807) is 19.9 Å². The maximum absolute atomic E-state index is 11.5. The van der Waals surface area contributed by atoms with Crippen molar-refractivity contribution in [2.45, 2.75) is 13.8 Å². The number of anilines is 1. The Morgan fingerprint density at radius 2 is 2.15 bits per heavy atom. The molecule has 0 saturated carbocycles. The second-order valence-electron chi connectivity index (χ2n) is 3.25. The Bertz CT molecular complexity index is 557. The Hall–Kier alpha value is -2.89. The van der Waals surface area contributed by atoms with Gasteiger partial charge in [-0.05, 0) is 13.8 Å². The molecule has 0 radical (unpaired) electrons. The first kappa shape index (κ1) is 15.2. The molecule has 0 aliphatic carbocycles. The van der Waals surface area contributed by atoms with E-state index >= 15 is 0 Å². The zero-order valence-corrected chi connectivity index (χ0v) is 11.0. The molecule has 0 amide bonds. The van der Waals surface area contributed by atoms with Crippen LogP contribution in [0.2, 0.25) is 0 Å². The molecule has 0 aromatic carbocycles. The molecule has 1 aromatic heterocycles. The van der Waals surface area contributed by atoms with Gasteiger partial charge in [0.2, 0.25) is 5.71 Å². The summed E-state index contributed by atoms with van der Waals surface area (Å²) in [5, 5.41) is 12.3. The van der Waals surface area contributed by atoms with Crippen LogP contribution in [0.3, 0.4) is 0 Å². The minimum absolute atomic E-state index is 0.0387. The van der Waals surface area contributed by atoms with Crippen molar-refractivity contribution in [2.75, 3.05) is 18.6 Å². The molecule has 0 bridgehead atoms. The van der Waals surface area contributed by atoms with Gasteiger partial charge < -0.3 is 14.5 Å². The van der Waals surface area contributed by atoms with Crippen molar-refractivity contribution in [3.8, 4) is 6.07 Å². The van der Waals surface area contributed by atoms with Gasteiger partial charge >= 0.3 is 11.9 Å². The Balaban J connectivity index is 2.84. The average molecular weight is 279 g/mol. The summed E-state index contributed by atoms with van der Waals surface area (Å²) in [5.41, 5.74) is 1.90. The summed E-state index contributed by atoms with van der Waals surface area (Å²) >= 11 is 0. The summed E-state index contributed by atoms with van der Waals surface area (Å²) in [6, 6.07) is 1.58. The number of ether oxygens (including phenoxy) is 2. The first-order valence-corrected chi connectivity index (χ1v) is 5.75. The van der Waals surface area contributed by atoms with Crippen LogP contribution in [0.15, 0.2) is 11.4 Å². The van der Waals surface area contributed by atoms with E-state index in [2.05, 4.69) is 25.2 Å². The van der Waals surface area contributed by atoms with Gasteiger partial charge in [-0.25, -0.2) is 14.6 Å². The first-order valence-electron chi connectivity index (χ1n) is 5.75. The molecule has 0 saturated heterocycles. The molecule has 0 aliphatic rings. The molecule has 9 heteroatoms. The van der Waals surface area contributed by atoms with Crippen LogP contribution in [-0.2, 0) is 14.3 Å². The maximum Gasteiger partial charge on any atom is 0.369 e. The molecule has 1 heterocycles. The van der Waals surface area contributed by atoms with Gasteiger partial charge in [-0.15, -0.1) is 0 Å². The molecule has 9 nitrogen and oxygen atoms in total. The first-order chi connectivity index (χ1) is 9.63. The number of nitriles is 1. The summed E-state index contributed by atoms with van der Waals surface area (Å²) in [6.07, 6.45) is 1.25. The van der Waals surface area contributed by atoms with Gasteiger partial charge in [0.15, 0.2) is 11.5 Å². The Morgan fingerprint density at radius 1 is 1.45 bits per heavy atom. The van der Waals surface area contributed by atoms with E-state index in [0.717, 1.165) is 0 Å². The number of carbonyl (C=O) groups excluding carboxylic acids is 2. The quantitative estimate of drug-likeness (QED) is 0.439. The third-order valence-corrected chi connectivity index (χ3v) is 1.97. The number of aromatic amines is 1. The largest absolute Gasteiger partial charge is 0.461 e. The third kappa shape index (κ3) is 3.81. The van der Waals surface area contributed by atoms with Crippen LogP contribution in [0.25, 0.3) is 0 Å². The van der Waals surface area contributed by atoms with Crippen LogP contribution >= 0.6 is 0 Å².